The molecule has 0 bridgehead atoms. The summed E-state index contributed by atoms with van der Waals surface area (Å²) in [6.45, 7) is 3.13. The molecule has 0 aliphatic heterocycles. The highest BCUT2D eigenvalue weighted by atomic mass is 16.5. The molecule has 0 atom stereocenters. The SMILES string of the molecule is COCCCN(C)C(=O)c1cc(C)nc(N)c1. The van der Waals surface area contributed by atoms with Gasteiger partial charge < -0.3 is 15.4 Å². The molecule has 1 heterocycles. The summed E-state index contributed by atoms with van der Waals surface area (Å²) in [6.07, 6.45) is 0.818. The molecule has 0 spiro atoms. The zero-order chi connectivity index (χ0) is 12.8. The monoisotopic (exact) mass is 237 g/mol. The summed E-state index contributed by atoms with van der Waals surface area (Å²) in [5.41, 5.74) is 6.94. The maximum atomic E-state index is 12.0. The van der Waals surface area contributed by atoms with Crippen LogP contribution in [0.1, 0.15) is 22.5 Å². The number of hydrogen-bond donors (Lipinski definition) is 1. The Kier molecular flexibility index (Phi) is 4.90. The Morgan fingerprint density at radius 1 is 1.53 bits per heavy atom. The predicted octanol–water partition coefficient (Wildman–Crippen LogP) is 1.08. The van der Waals surface area contributed by atoms with Crippen molar-refractivity contribution in [1.29, 1.82) is 0 Å². The number of anilines is 1. The van der Waals surface area contributed by atoms with Crippen molar-refractivity contribution in [2.75, 3.05) is 33.0 Å². The molecule has 0 aliphatic rings. The molecule has 1 amide bonds. The van der Waals surface area contributed by atoms with Crippen LogP contribution in [0, 0.1) is 6.92 Å². The third-order valence-electron chi connectivity index (χ3n) is 2.41. The first kappa shape index (κ1) is 13.4. The number of nitrogens with zero attached hydrogens (tertiary/aromatic N) is 2. The van der Waals surface area contributed by atoms with E-state index in [1.54, 1.807) is 31.2 Å². The smallest absolute Gasteiger partial charge is 0.253 e. The van der Waals surface area contributed by atoms with Crippen LogP contribution in [0.25, 0.3) is 0 Å². The number of hydrogen-bond acceptors (Lipinski definition) is 4. The Morgan fingerprint density at radius 2 is 2.24 bits per heavy atom. The number of methoxy groups -OCH3 is 1. The number of amides is 1. The lowest BCUT2D eigenvalue weighted by atomic mass is 10.2. The number of rotatable bonds is 5. The van der Waals surface area contributed by atoms with Gasteiger partial charge in [0.05, 0.1) is 0 Å². The van der Waals surface area contributed by atoms with E-state index in [-0.39, 0.29) is 5.91 Å². The quantitative estimate of drug-likeness (QED) is 0.778. The number of carbonyl (C=O) groups excluding carboxylic acids is 1. The van der Waals surface area contributed by atoms with E-state index in [1.807, 2.05) is 6.92 Å². The molecule has 0 saturated carbocycles. The second-order valence-corrected chi connectivity index (χ2v) is 4.00. The van der Waals surface area contributed by atoms with Crippen LogP contribution in [0.3, 0.4) is 0 Å². The van der Waals surface area contributed by atoms with Crippen LogP contribution >= 0.6 is 0 Å². The first-order valence-electron chi connectivity index (χ1n) is 5.53. The fraction of sp³-hybridized carbons (Fsp3) is 0.500. The normalized spacial score (nSPS) is 10.3. The van der Waals surface area contributed by atoms with Crippen molar-refractivity contribution in [3.8, 4) is 0 Å². The van der Waals surface area contributed by atoms with E-state index in [2.05, 4.69) is 4.98 Å². The first-order valence-corrected chi connectivity index (χ1v) is 5.53. The summed E-state index contributed by atoms with van der Waals surface area (Å²) in [5, 5.41) is 0. The first-order chi connectivity index (χ1) is 8.04. The minimum absolute atomic E-state index is 0.0432. The molecule has 5 heteroatoms. The van der Waals surface area contributed by atoms with Gasteiger partial charge in [-0.05, 0) is 25.5 Å². The summed E-state index contributed by atoms with van der Waals surface area (Å²) >= 11 is 0. The lowest BCUT2D eigenvalue weighted by molar-refractivity contribution is 0.0779. The molecule has 17 heavy (non-hydrogen) atoms. The van der Waals surface area contributed by atoms with Crippen molar-refractivity contribution >= 4 is 11.7 Å². The molecule has 5 nitrogen and oxygen atoms in total. The predicted molar refractivity (Wildman–Crippen MR) is 66.8 cm³/mol. The van der Waals surface area contributed by atoms with Crippen molar-refractivity contribution in [3.63, 3.8) is 0 Å². The van der Waals surface area contributed by atoms with Crippen LogP contribution in [-0.4, -0.2) is 43.1 Å². The minimum Gasteiger partial charge on any atom is -0.385 e. The lowest BCUT2D eigenvalue weighted by Crippen LogP contribution is -2.28. The number of carbonyl (C=O) groups is 1. The highest BCUT2D eigenvalue weighted by molar-refractivity contribution is 5.94. The van der Waals surface area contributed by atoms with E-state index < -0.39 is 0 Å². The number of aromatic nitrogens is 1. The van der Waals surface area contributed by atoms with Crippen LogP contribution in [0.2, 0.25) is 0 Å². The van der Waals surface area contributed by atoms with Crippen molar-refractivity contribution in [3.05, 3.63) is 23.4 Å². The van der Waals surface area contributed by atoms with Gasteiger partial charge >= 0.3 is 0 Å². The van der Waals surface area contributed by atoms with E-state index in [4.69, 9.17) is 10.5 Å². The topological polar surface area (TPSA) is 68.5 Å². The molecular weight excluding hydrogens is 218 g/mol. The molecule has 0 saturated heterocycles. The molecule has 1 aromatic rings. The fourth-order valence-electron chi connectivity index (χ4n) is 1.59. The molecular formula is C12H19N3O2. The third-order valence-corrected chi connectivity index (χ3v) is 2.41. The summed E-state index contributed by atoms with van der Waals surface area (Å²) in [4.78, 5) is 17.7. The van der Waals surface area contributed by atoms with Crippen LogP contribution < -0.4 is 5.73 Å². The molecule has 1 aromatic heterocycles. The Morgan fingerprint density at radius 3 is 2.82 bits per heavy atom. The molecule has 0 aromatic carbocycles. The van der Waals surface area contributed by atoms with Gasteiger partial charge in [0.15, 0.2) is 0 Å². The Bertz CT molecular complexity index is 373. The van der Waals surface area contributed by atoms with Gasteiger partial charge in [0.25, 0.3) is 5.91 Å². The van der Waals surface area contributed by atoms with E-state index in [0.29, 0.717) is 24.5 Å². The highest BCUT2D eigenvalue weighted by Gasteiger charge is 2.12. The van der Waals surface area contributed by atoms with Gasteiger partial charge in [0.1, 0.15) is 5.82 Å². The number of pyridine rings is 1. The molecule has 94 valence electrons. The fourth-order valence-corrected chi connectivity index (χ4v) is 1.59. The highest BCUT2D eigenvalue weighted by Crippen LogP contribution is 2.09. The van der Waals surface area contributed by atoms with Crippen molar-refractivity contribution in [1.82, 2.24) is 9.88 Å². The van der Waals surface area contributed by atoms with Gasteiger partial charge in [-0.25, -0.2) is 4.98 Å². The second-order valence-electron chi connectivity index (χ2n) is 4.00. The van der Waals surface area contributed by atoms with E-state index in [9.17, 15) is 4.79 Å². The van der Waals surface area contributed by atoms with E-state index in [1.165, 1.54) is 0 Å². The van der Waals surface area contributed by atoms with Gasteiger partial charge in [-0.15, -0.1) is 0 Å². The largest absolute Gasteiger partial charge is 0.385 e. The van der Waals surface area contributed by atoms with Crippen LogP contribution in [0.15, 0.2) is 12.1 Å². The van der Waals surface area contributed by atoms with Gasteiger partial charge in [-0.2, -0.15) is 0 Å². The van der Waals surface area contributed by atoms with Gasteiger partial charge in [-0.3, -0.25) is 4.79 Å². The number of nitrogens with two attached hydrogens (primary N) is 1. The number of ether oxygens (including phenoxy) is 1. The van der Waals surface area contributed by atoms with Gasteiger partial charge in [0, 0.05) is 38.6 Å². The summed E-state index contributed by atoms with van der Waals surface area (Å²) < 4.78 is 4.95. The average Bonchev–Trinajstić information content (AvgIpc) is 2.27. The zero-order valence-electron chi connectivity index (χ0n) is 10.6. The maximum Gasteiger partial charge on any atom is 0.253 e. The summed E-state index contributed by atoms with van der Waals surface area (Å²) in [5.74, 6) is 0.331. The molecule has 0 fully saturated rings. The second kappa shape index (κ2) is 6.20. The summed E-state index contributed by atoms with van der Waals surface area (Å²) in [7, 11) is 3.42. The third kappa shape index (κ3) is 4.03. The standard InChI is InChI=1S/C12H19N3O2/c1-9-7-10(8-11(13)14-9)12(16)15(2)5-4-6-17-3/h7-8H,4-6H2,1-3H3,(H2,13,14). The van der Waals surface area contributed by atoms with Gasteiger partial charge in [-0.1, -0.05) is 0 Å². The van der Waals surface area contributed by atoms with Crippen molar-refractivity contribution in [2.24, 2.45) is 0 Å². The summed E-state index contributed by atoms with van der Waals surface area (Å²) in [6, 6.07) is 3.34. The molecule has 1 rings (SSSR count). The average molecular weight is 237 g/mol. The zero-order valence-corrected chi connectivity index (χ0v) is 10.6. The minimum atomic E-state index is -0.0432. The maximum absolute atomic E-state index is 12.0. The van der Waals surface area contributed by atoms with Crippen LogP contribution in [0.5, 0.6) is 0 Å². The molecule has 2 N–H and O–H groups in total. The van der Waals surface area contributed by atoms with Crippen molar-refractivity contribution < 1.29 is 9.53 Å². The van der Waals surface area contributed by atoms with Crippen LogP contribution in [-0.2, 0) is 4.74 Å². The Balaban J connectivity index is 2.68. The van der Waals surface area contributed by atoms with Crippen LogP contribution in [0.4, 0.5) is 5.82 Å². The number of nitrogen functional groups attached to an aromatic ring is 1. The Labute approximate surface area is 102 Å². The van der Waals surface area contributed by atoms with E-state index >= 15 is 0 Å². The number of aryl methyl sites for hydroxylation is 1. The Hall–Kier alpha value is -1.62. The molecule has 0 aliphatic carbocycles. The van der Waals surface area contributed by atoms with E-state index in [0.717, 1.165) is 12.1 Å². The molecule has 0 unspecified atom stereocenters. The van der Waals surface area contributed by atoms with Crippen molar-refractivity contribution in [2.45, 2.75) is 13.3 Å². The lowest BCUT2D eigenvalue weighted by Gasteiger charge is -2.17. The molecule has 0 radical (unpaired) electrons. The van der Waals surface area contributed by atoms with Gasteiger partial charge in [0.2, 0.25) is 0 Å².